The number of thioether (sulfide) groups is 1. The lowest BCUT2D eigenvalue weighted by molar-refractivity contribution is -0.143. The molecule has 0 amide bonds. The first-order chi connectivity index (χ1) is 16.9. The molecule has 0 heterocycles. The normalized spacial score (nSPS) is 13.1. The van der Waals surface area contributed by atoms with Gasteiger partial charge in [0.1, 0.15) is 12.4 Å². The van der Waals surface area contributed by atoms with Crippen molar-refractivity contribution in [3.63, 3.8) is 0 Å². The Morgan fingerprint density at radius 1 is 0.861 bits per heavy atom. The summed E-state index contributed by atoms with van der Waals surface area (Å²) in [5.74, 6) is 1.40. The minimum absolute atomic E-state index is 0.135. The van der Waals surface area contributed by atoms with Crippen LogP contribution in [0.2, 0.25) is 0 Å². The third kappa shape index (κ3) is 13.4. The van der Waals surface area contributed by atoms with E-state index in [1.54, 1.807) is 0 Å². The molecule has 208 valence electrons. The molecule has 1 aromatic carbocycles. The van der Waals surface area contributed by atoms with Crippen LogP contribution in [-0.4, -0.2) is 28.7 Å². The number of benzene rings is 1. The molecule has 36 heavy (non-hydrogen) atoms. The van der Waals surface area contributed by atoms with Crippen LogP contribution < -0.4 is 0 Å². The summed E-state index contributed by atoms with van der Waals surface area (Å²) in [6.45, 7) is 17.6. The Labute approximate surface area is 227 Å². The van der Waals surface area contributed by atoms with Crippen LogP contribution in [-0.2, 0) is 26.8 Å². The van der Waals surface area contributed by atoms with Gasteiger partial charge < -0.3 is 9.84 Å². The summed E-state index contributed by atoms with van der Waals surface area (Å²) in [5, 5.41) is 11.2. The Balaban J connectivity index is 2.32. The highest BCUT2D eigenvalue weighted by Crippen LogP contribution is 2.40. The average molecular weight is 521 g/mol. The lowest BCUT2D eigenvalue weighted by atomic mass is 9.78. The summed E-state index contributed by atoms with van der Waals surface area (Å²) < 4.78 is 5.59. The number of hydrogen-bond donors (Lipinski definition) is 1. The van der Waals surface area contributed by atoms with Gasteiger partial charge in [-0.2, -0.15) is 11.8 Å². The predicted molar refractivity (Wildman–Crippen MR) is 159 cm³/mol. The van der Waals surface area contributed by atoms with Gasteiger partial charge in [0.25, 0.3) is 0 Å². The molecule has 4 heteroatoms. The van der Waals surface area contributed by atoms with Crippen LogP contribution in [0.1, 0.15) is 143 Å². The summed E-state index contributed by atoms with van der Waals surface area (Å²) in [6, 6.07) is 4.12. The second kappa shape index (κ2) is 16.6. The van der Waals surface area contributed by atoms with Crippen LogP contribution in [0.5, 0.6) is 5.75 Å². The number of unbranched alkanes of at least 4 members (excludes halogenated alkanes) is 9. The Kier molecular flexibility index (Phi) is 15.2. The van der Waals surface area contributed by atoms with Gasteiger partial charge in [0, 0.05) is 11.7 Å². The fourth-order valence-corrected chi connectivity index (χ4v) is 5.37. The van der Waals surface area contributed by atoms with Crippen molar-refractivity contribution >= 4 is 17.7 Å². The molecule has 0 aliphatic rings. The molecular weight excluding hydrogens is 464 g/mol. The van der Waals surface area contributed by atoms with E-state index in [1.807, 2.05) is 11.8 Å². The van der Waals surface area contributed by atoms with Gasteiger partial charge in [0.2, 0.25) is 0 Å². The van der Waals surface area contributed by atoms with E-state index in [0.29, 0.717) is 30.4 Å². The zero-order chi connectivity index (χ0) is 27.2. The number of phenolic OH excluding ortho intramolecular Hbond substituents is 1. The Bertz CT molecular complexity index is 723. The first-order valence-electron chi connectivity index (χ1n) is 14.5. The Morgan fingerprint density at radius 3 is 1.81 bits per heavy atom. The first-order valence-corrected chi connectivity index (χ1v) is 15.5. The molecule has 0 saturated carbocycles. The molecule has 0 radical (unpaired) electrons. The second-order valence-corrected chi connectivity index (χ2v) is 14.1. The molecule has 0 fully saturated rings. The highest BCUT2D eigenvalue weighted by molar-refractivity contribution is 7.99. The van der Waals surface area contributed by atoms with Crippen LogP contribution in [0.3, 0.4) is 0 Å². The standard InChI is InChI=1S/C32H56O3S/c1-9-10-11-12-13-14-15-16-17-18-21-36-25(2)24-35-29(33)20-19-26-22-27(31(3,4)5)30(34)28(23-26)32(6,7)8/h22-23,25,34H,9-21,24H2,1-8H3. The zero-order valence-corrected chi connectivity index (χ0v) is 25.6. The van der Waals surface area contributed by atoms with Gasteiger partial charge in [-0.05, 0) is 53.0 Å². The van der Waals surface area contributed by atoms with Gasteiger partial charge in [0.15, 0.2) is 0 Å². The molecule has 1 unspecified atom stereocenters. The molecule has 1 rings (SSSR count). The molecular formula is C32H56O3S. The van der Waals surface area contributed by atoms with Crippen molar-refractivity contribution in [3.8, 4) is 5.75 Å². The van der Waals surface area contributed by atoms with Gasteiger partial charge >= 0.3 is 5.97 Å². The van der Waals surface area contributed by atoms with Gasteiger partial charge in [-0.3, -0.25) is 4.79 Å². The highest BCUT2D eigenvalue weighted by atomic mass is 32.2. The number of phenols is 1. The fourth-order valence-electron chi connectivity index (χ4n) is 4.43. The molecule has 0 spiro atoms. The third-order valence-electron chi connectivity index (χ3n) is 6.78. The average Bonchev–Trinajstić information content (AvgIpc) is 2.79. The SMILES string of the molecule is CCCCCCCCCCCCSC(C)COC(=O)CCc1cc(C(C)(C)C)c(O)c(C(C)(C)C)c1. The maximum atomic E-state index is 12.4. The Hall–Kier alpha value is -1.16. The third-order valence-corrected chi connectivity index (χ3v) is 8.01. The second-order valence-electron chi connectivity index (χ2n) is 12.6. The monoisotopic (exact) mass is 520 g/mol. The lowest BCUT2D eigenvalue weighted by Gasteiger charge is -2.28. The molecule has 3 nitrogen and oxygen atoms in total. The molecule has 0 aliphatic heterocycles. The minimum Gasteiger partial charge on any atom is -0.507 e. The van der Waals surface area contributed by atoms with E-state index in [4.69, 9.17) is 4.74 Å². The van der Waals surface area contributed by atoms with E-state index in [9.17, 15) is 9.90 Å². The van der Waals surface area contributed by atoms with Crippen LogP contribution in [0.15, 0.2) is 12.1 Å². The van der Waals surface area contributed by atoms with E-state index < -0.39 is 0 Å². The van der Waals surface area contributed by atoms with Crippen molar-refractivity contribution in [2.75, 3.05) is 12.4 Å². The van der Waals surface area contributed by atoms with Crippen LogP contribution in [0.25, 0.3) is 0 Å². The minimum atomic E-state index is -0.165. The molecule has 1 N–H and O–H groups in total. The number of ether oxygens (including phenoxy) is 1. The molecule has 0 bridgehead atoms. The number of aromatic hydroxyl groups is 1. The molecule has 0 aliphatic carbocycles. The largest absolute Gasteiger partial charge is 0.507 e. The number of esters is 1. The maximum absolute atomic E-state index is 12.4. The Morgan fingerprint density at radius 2 is 1.33 bits per heavy atom. The lowest BCUT2D eigenvalue weighted by Crippen LogP contribution is -2.18. The van der Waals surface area contributed by atoms with Gasteiger partial charge in [-0.1, -0.05) is 118 Å². The smallest absolute Gasteiger partial charge is 0.306 e. The highest BCUT2D eigenvalue weighted by Gasteiger charge is 2.26. The predicted octanol–water partition coefficient (Wildman–Crippen LogP) is 9.51. The molecule has 0 aromatic heterocycles. The van der Waals surface area contributed by atoms with Gasteiger partial charge in [-0.25, -0.2) is 0 Å². The summed E-state index contributed by atoms with van der Waals surface area (Å²) in [7, 11) is 0. The van der Waals surface area contributed by atoms with Crippen molar-refractivity contribution < 1.29 is 14.6 Å². The van der Waals surface area contributed by atoms with E-state index >= 15 is 0 Å². The molecule has 1 aromatic rings. The number of carbonyl (C=O) groups is 1. The first kappa shape index (κ1) is 32.9. The molecule has 1 atom stereocenters. The molecule has 0 saturated heterocycles. The van der Waals surface area contributed by atoms with E-state index in [1.165, 1.54) is 64.2 Å². The quantitative estimate of drug-likeness (QED) is 0.164. The van der Waals surface area contributed by atoms with Crippen molar-refractivity contribution in [2.24, 2.45) is 0 Å². The number of hydrogen-bond acceptors (Lipinski definition) is 4. The number of carbonyl (C=O) groups excluding carboxylic acids is 1. The van der Waals surface area contributed by atoms with E-state index in [-0.39, 0.29) is 16.8 Å². The topological polar surface area (TPSA) is 46.5 Å². The van der Waals surface area contributed by atoms with Crippen LogP contribution in [0, 0.1) is 0 Å². The van der Waals surface area contributed by atoms with Crippen molar-refractivity contribution in [2.45, 2.75) is 149 Å². The summed E-state index contributed by atoms with van der Waals surface area (Å²) in [4.78, 5) is 12.4. The van der Waals surface area contributed by atoms with E-state index in [0.717, 1.165) is 22.4 Å². The fraction of sp³-hybridized carbons (Fsp3) is 0.781. The summed E-state index contributed by atoms with van der Waals surface area (Å²) >= 11 is 1.92. The summed E-state index contributed by atoms with van der Waals surface area (Å²) in [5.41, 5.74) is 2.64. The maximum Gasteiger partial charge on any atom is 0.306 e. The van der Waals surface area contributed by atoms with Crippen LogP contribution in [0.4, 0.5) is 0 Å². The summed E-state index contributed by atoms with van der Waals surface area (Å²) in [6.07, 6.45) is 14.6. The van der Waals surface area contributed by atoms with Gasteiger partial charge in [0.05, 0.1) is 0 Å². The van der Waals surface area contributed by atoms with Gasteiger partial charge in [-0.15, -0.1) is 0 Å². The van der Waals surface area contributed by atoms with Crippen molar-refractivity contribution in [1.82, 2.24) is 0 Å². The van der Waals surface area contributed by atoms with Crippen LogP contribution >= 0.6 is 11.8 Å². The van der Waals surface area contributed by atoms with Crippen molar-refractivity contribution in [1.29, 1.82) is 0 Å². The number of aryl methyl sites for hydroxylation is 1. The van der Waals surface area contributed by atoms with E-state index in [2.05, 4.69) is 67.5 Å². The van der Waals surface area contributed by atoms with Crippen molar-refractivity contribution in [3.05, 3.63) is 28.8 Å². The zero-order valence-electron chi connectivity index (χ0n) is 24.8. The number of rotatable bonds is 17.